The molecule has 0 radical (unpaired) electrons. The Hall–Kier alpha value is -0.750. The van der Waals surface area contributed by atoms with E-state index in [0.717, 1.165) is 24.6 Å². The zero-order valence-electron chi connectivity index (χ0n) is 10.0. The summed E-state index contributed by atoms with van der Waals surface area (Å²) < 4.78 is 11.8. The standard InChI is InChI=1S/C13H12BrNO2S.ClH/c14-13-4-10(7-18-13)6-15-5-9-1-2-11-12(3-9)17-8-16-11;/h1-4,7,15H,5-6,8H2;1H. The van der Waals surface area contributed by atoms with Crippen LogP contribution in [0, 0.1) is 0 Å². The second-order valence-electron chi connectivity index (χ2n) is 4.05. The molecule has 1 N–H and O–H groups in total. The van der Waals surface area contributed by atoms with Crippen molar-refractivity contribution < 1.29 is 9.47 Å². The van der Waals surface area contributed by atoms with Crippen molar-refractivity contribution in [2.45, 2.75) is 13.1 Å². The molecule has 2 aromatic rings. The number of hydrogen-bond acceptors (Lipinski definition) is 4. The highest BCUT2D eigenvalue weighted by molar-refractivity contribution is 9.11. The first-order valence-electron chi connectivity index (χ1n) is 5.63. The molecular weight excluding hydrogens is 350 g/mol. The summed E-state index contributed by atoms with van der Waals surface area (Å²) in [6, 6.07) is 8.18. The number of hydrogen-bond donors (Lipinski definition) is 1. The molecule has 1 aliphatic heterocycles. The lowest BCUT2D eigenvalue weighted by atomic mass is 10.2. The van der Waals surface area contributed by atoms with Gasteiger partial charge in [0.05, 0.1) is 3.79 Å². The van der Waals surface area contributed by atoms with Gasteiger partial charge in [-0.15, -0.1) is 23.7 Å². The van der Waals surface area contributed by atoms with Crippen LogP contribution in [0.5, 0.6) is 11.5 Å². The van der Waals surface area contributed by atoms with Gasteiger partial charge in [-0.1, -0.05) is 6.07 Å². The highest BCUT2D eigenvalue weighted by Gasteiger charge is 2.12. The van der Waals surface area contributed by atoms with Crippen molar-refractivity contribution in [3.8, 4) is 11.5 Å². The molecule has 3 rings (SSSR count). The quantitative estimate of drug-likeness (QED) is 0.893. The fourth-order valence-electron chi connectivity index (χ4n) is 1.84. The highest BCUT2D eigenvalue weighted by Crippen LogP contribution is 2.32. The van der Waals surface area contributed by atoms with Gasteiger partial charge in [0, 0.05) is 13.1 Å². The van der Waals surface area contributed by atoms with Crippen LogP contribution in [0.15, 0.2) is 33.4 Å². The summed E-state index contributed by atoms with van der Waals surface area (Å²) >= 11 is 5.17. The Kier molecular flexibility index (Phi) is 5.10. The van der Waals surface area contributed by atoms with E-state index in [1.807, 2.05) is 12.1 Å². The smallest absolute Gasteiger partial charge is 0.231 e. The van der Waals surface area contributed by atoms with Crippen LogP contribution < -0.4 is 14.8 Å². The van der Waals surface area contributed by atoms with Crippen LogP contribution in [-0.4, -0.2) is 6.79 Å². The SMILES string of the molecule is Brc1cc(CNCc2ccc3c(c2)OCO3)cs1.Cl. The van der Waals surface area contributed by atoms with Gasteiger partial charge in [-0.25, -0.2) is 0 Å². The van der Waals surface area contributed by atoms with Gasteiger partial charge in [0.1, 0.15) is 0 Å². The number of nitrogens with one attached hydrogen (secondary N) is 1. The van der Waals surface area contributed by atoms with Crippen LogP contribution in [0.2, 0.25) is 0 Å². The molecule has 0 fully saturated rings. The van der Waals surface area contributed by atoms with Crippen molar-refractivity contribution >= 4 is 39.7 Å². The predicted molar refractivity (Wildman–Crippen MR) is 82.4 cm³/mol. The molecule has 0 spiro atoms. The molecule has 3 nitrogen and oxygen atoms in total. The Labute approximate surface area is 130 Å². The molecule has 0 aliphatic carbocycles. The van der Waals surface area contributed by atoms with E-state index >= 15 is 0 Å². The largest absolute Gasteiger partial charge is 0.454 e. The van der Waals surface area contributed by atoms with Crippen LogP contribution in [0.3, 0.4) is 0 Å². The fourth-order valence-corrected chi connectivity index (χ4v) is 3.05. The van der Waals surface area contributed by atoms with Crippen molar-refractivity contribution in [3.63, 3.8) is 0 Å². The molecule has 0 bridgehead atoms. The maximum absolute atomic E-state index is 5.35. The van der Waals surface area contributed by atoms with E-state index in [2.05, 4.69) is 38.8 Å². The molecule has 0 unspecified atom stereocenters. The third kappa shape index (κ3) is 3.63. The molecule has 2 heterocycles. The maximum atomic E-state index is 5.35. The van der Waals surface area contributed by atoms with Gasteiger partial charge in [-0.05, 0) is 50.6 Å². The second kappa shape index (κ2) is 6.61. The van der Waals surface area contributed by atoms with Gasteiger partial charge in [-0.3, -0.25) is 0 Å². The lowest BCUT2D eigenvalue weighted by molar-refractivity contribution is 0.174. The Bertz CT molecular complexity index is 561. The molecule has 6 heteroatoms. The molecular formula is C13H13BrClNO2S. The minimum absolute atomic E-state index is 0. The average Bonchev–Trinajstić information content (AvgIpc) is 2.97. The number of halogens is 2. The summed E-state index contributed by atoms with van der Waals surface area (Å²) in [4.78, 5) is 0. The maximum Gasteiger partial charge on any atom is 0.231 e. The summed E-state index contributed by atoms with van der Waals surface area (Å²) in [6.45, 7) is 2.02. The predicted octanol–water partition coefficient (Wildman–Crippen LogP) is 3.95. The number of thiophene rings is 1. The molecule has 0 saturated heterocycles. The van der Waals surface area contributed by atoms with Crippen molar-refractivity contribution in [2.24, 2.45) is 0 Å². The number of benzene rings is 1. The topological polar surface area (TPSA) is 30.5 Å². The Morgan fingerprint density at radius 2 is 1.89 bits per heavy atom. The Morgan fingerprint density at radius 3 is 2.68 bits per heavy atom. The molecule has 19 heavy (non-hydrogen) atoms. The zero-order chi connectivity index (χ0) is 12.4. The molecule has 1 aromatic heterocycles. The number of ether oxygens (including phenoxy) is 2. The molecule has 1 aliphatic rings. The molecule has 0 amide bonds. The lowest BCUT2D eigenvalue weighted by Gasteiger charge is -2.04. The van der Waals surface area contributed by atoms with E-state index in [4.69, 9.17) is 9.47 Å². The molecule has 102 valence electrons. The normalized spacial score (nSPS) is 12.3. The lowest BCUT2D eigenvalue weighted by Crippen LogP contribution is -2.11. The van der Waals surface area contributed by atoms with Gasteiger partial charge in [0.2, 0.25) is 6.79 Å². The zero-order valence-corrected chi connectivity index (χ0v) is 13.2. The number of rotatable bonds is 4. The van der Waals surface area contributed by atoms with Crippen molar-refractivity contribution in [1.82, 2.24) is 5.32 Å². The minimum atomic E-state index is 0. The van der Waals surface area contributed by atoms with Gasteiger partial charge in [0.25, 0.3) is 0 Å². The highest BCUT2D eigenvalue weighted by atomic mass is 79.9. The second-order valence-corrected chi connectivity index (χ2v) is 6.34. The minimum Gasteiger partial charge on any atom is -0.454 e. The van der Waals surface area contributed by atoms with E-state index in [-0.39, 0.29) is 12.4 Å². The first-order chi connectivity index (χ1) is 8.81. The van der Waals surface area contributed by atoms with Crippen LogP contribution >= 0.6 is 39.7 Å². The van der Waals surface area contributed by atoms with Crippen LogP contribution in [0.25, 0.3) is 0 Å². The fraction of sp³-hybridized carbons (Fsp3) is 0.231. The van der Waals surface area contributed by atoms with E-state index < -0.39 is 0 Å². The van der Waals surface area contributed by atoms with Crippen molar-refractivity contribution in [2.75, 3.05) is 6.79 Å². The summed E-state index contributed by atoms with van der Waals surface area (Å²) in [5.74, 6) is 1.67. The molecule has 0 atom stereocenters. The van der Waals surface area contributed by atoms with Gasteiger partial charge in [0.15, 0.2) is 11.5 Å². The Balaban J connectivity index is 0.00000133. The van der Waals surface area contributed by atoms with Crippen molar-refractivity contribution in [3.05, 3.63) is 44.6 Å². The van der Waals surface area contributed by atoms with E-state index in [1.165, 1.54) is 14.9 Å². The van der Waals surface area contributed by atoms with Gasteiger partial charge in [-0.2, -0.15) is 0 Å². The summed E-state index contributed by atoms with van der Waals surface area (Å²) in [7, 11) is 0. The first-order valence-corrected chi connectivity index (χ1v) is 7.31. The summed E-state index contributed by atoms with van der Waals surface area (Å²) in [6.07, 6.45) is 0. The third-order valence-corrected chi connectivity index (χ3v) is 4.27. The monoisotopic (exact) mass is 361 g/mol. The van der Waals surface area contributed by atoms with Crippen LogP contribution in [0.1, 0.15) is 11.1 Å². The summed E-state index contributed by atoms with van der Waals surface area (Å²) in [5, 5.41) is 5.56. The summed E-state index contributed by atoms with van der Waals surface area (Å²) in [5.41, 5.74) is 2.50. The third-order valence-electron chi connectivity index (χ3n) is 2.72. The van der Waals surface area contributed by atoms with E-state index in [9.17, 15) is 0 Å². The van der Waals surface area contributed by atoms with Crippen LogP contribution in [-0.2, 0) is 13.1 Å². The molecule has 1 aromatic carbocycles. The average molecular weight is 363 g/mol. The van der Waals surface area contributed by atoms with Crippen LogP contribution in [0.4, 0.5) is 0 Å². The first kappa shape index (κ1) is 14.7. The Morgan fingerprint density at radius 1 is 1.11 bits per heavy atom. The number of fused-ring (bicyclic) bond motifs is 1. The van der Waals surface area contributed by atoms with Gasteiger partial charge < -0.3 is 14.8 Å². The van der Waals surface area contributed by atoms with E-state index in [1.54, 1.807) is 11.3 Å². The van der Waals surface area contributed by atoms with Gasteiger partial charge >= 0.3 is 0 Å². The van der Waals surface area contributed by atoms with E-state index in [0.29, 0.717) is 6.79 Å². The van der Waals surface area contributed by atoms with Crippen molar-refractivity contribution in [1.29, 1.82) is 0 Å². The molecule has 0 saturated carbocycles.